The third kappa shape index (κ3) is 3.31. The summed E-state index contributed by atoms with van der Waals surface area (Å²) in [6, 6.07) is 3.76. The fourth-order valence-corrected chi connectivity index (χ4v) is 5.56. The zero-order valence-corrected chi connectivity index (χ0v) is 15.6. The van der Waals surface area contributed by atoms with Gasteiger partial charge in [-0.05, 0) is 36.5 Å². The molecule has 0 amide bonds. The van der Waals surface area contributed by atoms with Crippen molar-refractivity contribution in [3.05, 3.63) is 42.0 Å². The van der Waals surface area contributed by atoms with Gasteiger partial charge in [0.25, 0.3) is 0 Å². The second-order valence-corrected chi connectivity index (χ2v) is 9.12. The first-order chi connectivity index (χ1) is 12.6. The van der Waals surface area contributed by atoms with Crippen LogP contribution in [0, 0.1) is 5.92 Å². The molecule has 0 radical (unpaired) electrons. The lowest BCUT2D eigenvalue weighted by Crippen LogP contribution is -2.31. The van der Waals surface area contributed by atoms with Crippen molar-refractivity contribution < 1.29 is 8.42 Å². The summed E-state index contributed by atoms with van der Waals surface area (Å²) in [4.78, 5) is 13.2. The lowest BCUT2D eigenvalue weighted by atomic mass is 9.99. The zero-order valence-electron chi connectivity index (χ0n) is 14.8. The van der Waals surface area contributed by atoms with Crippen molar-refractivity contribution in [1.82, 2.24) is 19.3 Å². The fourth-order valence-electron chi connectivity index (χ4n) is 3.84. The van der Waals surface area contributed by atoms with Crippen molar-refractivity contribution in [2.24, 2.45) is 5.92 Å². The minimum Gasteiger partial charge on any atom is -0.323 e. The molecule has 2 aromatic rings. The summed E-state index contributed by atoms with van der Waals surface area (Å²) in [6.07, 6.45) is 7.76. The van der Waals surface area contributed by atoms with Gasteiger partial charge in [0, 0.05) is 31.4 Å². The average Bonchev–Trinajstić information content (AvgIpc) is 3.20. The maximum Gasteiger partial charge on any atom is 0.227 e. The van der Waals surface area contributed by atoms with Crippen LogP contribution in [0.25, 0.3) is 0 Å². The second kappa shape index (κ2) is 6.92. The maximum absolute atomic E-state index is 12.5. The quantitative estimate of drug-likeness (QED) is 0.836. The third-order valence-corrected chi connectivity index (χ3v) is 7.10. The zero-order chi connectivity index (χ0) is 18.1. The molecule has 26 heavy (non-hydrogen) atoms. The van der Waals surface area contributed by atoms with Crippen LogP contribution in [0.2, 0.25) is 0 Å². The van der Waals surface area contributed by atoms with Crippen molar-refractivity contribution in [2.75, 3.05) is 24.2 Å². The molecular formula is C18H23N5O2S. The highest BCUT2D eigenvalue weighted by atomic mass is 32.2. The summed E-state index contributed by atoms with van der Waals surface area (Å²) in [5.41, 5.74) is 2.96. The molecule has 3 heterocycles. The minimum absolute atomic E-state index is 0.166. The Balaban J connectivity index is 1.52. The van der Waals surface area contributed by atoms with Gasteiger partial charge < -0.3 is 5.32 Å². The summed E-state index contributed by atoms with van der Waals surface area (Å²) < 4.78 is 26.7. The van der Waals surface area contributed by atoms with Crippen molar-refractivity contribution in [3.63, 3.8) is 0 Å². The predicted octanol–water partition coefficient (Wildman–Crippen LogP) is 2.32. The van der Waals surface area contributed by atoms with Gasteiger partial charge >= 0.3 is 0 Å². The molecule has 2 atom stereocenters. The number of rotatable bonds is 6. The lowest BCUT2D eigenvalue weighted by Gasteiger charge is -2.17. The van der Waals surface area contributed by atoms with Crippen molar-refractivity contribution >= 4 is 21.7 Å². The molecule has 1 saturated heterocycles. The molecule has 138 valence electrons. The van der Waals surface area contributed by atoms with Crippen LogP contribution in [0.4, 0.5) is 11.6 Å². The van der Waals surface area contributed by atoms with E-state index in [9.17, 15) is 8.42 Å². The summed E-state index contributed by atoms with van der Waals surface area (Å²) in [5, 5.41) is 3.17. The van der Waals surface area contributed by atoms with Gasteiger partial charge in [0.2, 0.25) is 16.0 Å². The fraction of sp³-hybridized carbons (Fsp3) is 0.500. The molecule has 7 nitrogen and oxygen atoms in total. The Labute approximate surface area is 153 Å². The number of aromatic nitrogens is 3. The third-order valence-electron chi connectivity index (χ3n) is 5.21. The number of anilines is 2. The number of unbranched alkanes of at least 4 members (excludes halogenated alkanes) is 1. The van der Waals surface area contributed by atoms with Crippen LogP contribution in [-0.2, 0) is 16.4 Å². The molecule has 0 aromatic carbocycles. The Morgan fingerprint density at radius 3 is 2.96 bits per heavy atom. The summed E-state index contributed by atoms with van der Waals surface area (Å²) in [5.74, 6) is 1.25. The standard InChI is InChI=1S/C18H23N5O2S/c1-2-3-7-26(24,25)23-11-14-8-13-9-20-18(22-17(13)16(14)12-23)21-15-5-4-6-19-10-15/h4-6,9-10,14,16H,2-3,7-8,11-12H2,1H3,(H,20,21,22)/t14-,16-/m0/s1. The summed E-state index contributed by atoms with van der Waals surface area (Å²) in [6.45, 7) is 3.14. The maximum atomic E-state index is 12.5. The highest BCUT2D eigenvalue weighted by Crippen LogP contribution is 2.43. The number of sulfonamides is 1. The van der Waals surface area contributed by atoms with E-state index in [1.165, 1.54) is 0 Å². The molecule has 1 aliphatic heterocycles. The SMILES string of the molecule is CCCCS(=O)(=O)N1C[C@@H]2Cc3cnc(Nc4cccnc4)nc3[C@H]2C1. The first kappa shape index (κ1) is 17.4. The molecule has 1 N–H and O–H groups in total. The molecule has 1 fully saturated rings. The van der Waals surface area contributed by atoms with Crippen molar-refractivity contribution in [1.29, 1.82) is 0 Å². The van der Waals surface area contributed by atoms with Crippen LogP contribution in [0.15, 0.2) is 30.7 Å². The Bertz CT molecular complexity index is 888. The summed E-state index contributed by atoms with van der Waals surface area (Å²) >= 11 is 0. The minimum atomic E-state index is -3.16. The first-order valence-corrected chi connectivity index (χ1v) is 10.7. The molecule has 0 unspecified atom stereocenters. The van der Waals surface area contributed by atoms with E-state index < -0.39 is 10.0 Å². The first-order valence-electron chi connectivity index (χ1n) is 9.07. The van der Waals surface area contributed by atoms with Crippen molar-refractivity contribution in [2.45, 2.75) is 32.1 Å². The van der Waals surface area contributed by atoms with Crippen LogP contribution in [-0.4, -0.2) is 46.5 Å². The van der Waals surface area contributed by atoms with E-state index in [-0.39, 0.29) is 11.7 Å². The topological polar surface area (TPSA) is 88.1 Å². The van der Waals surface area contributed by atoms with E-state index in [0.29, 0.717) is 31.4 Å². The Morgan fingerprint density at radius 1 is 1.31 bits per heavy atom. The number of hydrogen-bond acceptors (Lipinski definition) is 6. The van der Waals surface area contributed by atoms with E-state index >= 15 is 0 Å². The van der Waals surface area contributed by atoms with E-state index in [1.807, 2.05) is 25.3 Å². The van der Waals surface area contributed by atoms with Crippen LogP contribution < -0.4 is 5.32 Å². The predicted molar refractivity (Wildman–Crippen MR) is 99.8 cm³/mol. The molecule has 8 heteroatoms. The number of nitrogens with one attached hydrogen (secondary N) is 1. The van der Waals surface area contributed by atoms with E-state index in [0.717, 1.165) is 29.8 Å². The van der Waals surface area contributed by atoms with Crippen molar-refractivity contribution in [3.8, 4) is 0 Å². The monoisotopic (exact) mass is 373 g/mol. The van der Waals surface area contributed by atoms with Crippen LogP contribution in [0.5, 0.6) is 0 Å². The molecule has 0 spiro atoms. The molecule has 0 saturated carbocycles. The molecule has 0 bridgehead atoms. The molecule has 2 aromatic heterocycles. The Morgan fingerprint density at radius 2 is 2.19 bits per heavy atom. The number of nitrogens with zero attached hydrogens (tertiary/aromatic N) is 4. The van der Waals surface area contributed by atoms with Gasteiger partial charge in [-0.15, -0.1) is 0 Å². The van der Waals surface area contributed by atoms with Gasteiger partial charge in [0.05, 0.1) is 23.3 Å². The number of fused-ring (bicyclic) bond motifs is 3. The van der Waals surface area contributed by atoms with Gasteiger partial charge in [0.1, 0.15) is 0 Å². The van der Waals surface area contributed by atoms with Crippen LogP contribution in [0.1, 0.15) is 36.9 Å². The smallest absolute Gasteiger partial charge is 0.227 e. The molecule has 1 aliphatic carbocycles. The molecule has 4 rings (SSSR count). The molecule has 2 aliphatic rings. The summed E-state index contributed by atoms with van der Waals surface area (Å²) in [7, 11) is -3.16. The Hall–Kier alpha value is -2.06. The van der Waals surface area contributed by atoms with Crippen LogP contribution in [0.3, 0.4) is 0 Å². The highest BCUT2D eigenvalue weighted by molar-refractivity contribution is 7.89. The Kier molecular flexibility index (Phi) is 4.62. The van der Waals surface area contributed by atoms with E-state index in [4.69, 9.17) is 4.98 Å². The van der Waals surface area contributed by atoms with Gasteiger partial charge in [-0.3, -0.25) is 4.98 Å². The van der Waals surface area contributed by atoms with Gasteiger partial charge in [0.15, 0.2) is 0 Å². The lowest BCUT2D eigenvalue weighted by molar-refractivity contribution is 0.455. The molecular weight excluding hydrogens is 350 g/mol. The highest BCUT2D eigenvalue weighted by Gasteiger charge is 2.44. The largest absolute Gasteiger partial charge is 0.323 e. The van der Waals surface area contributed by atoms with E-state index in [2.05, 4.69) is 15.3 Å². The van der Waals surface area contributed by atoms with Gasteiger partial charge in [-0.25, -0.2) is 22.7 Å². The average molecular weight is 373 g/mol. The van der Waals surface area contributed by atoms with Gasteiger partial charge in [-0.1, -0.05) is 13.3 Å². The number of hydrogen-bond donors (Lipinski definition) is 1. The van der Waals surface area contributed by atoms with E-state index in [1.54, 1.807) is 16.7 Å². The number of pyridine rings is 1. The van der Waals surface area contributed by atoms with Gasteiger partial charge in [-0.2, -0.15) is 0 Å². The normalized spacial score (nSPS) is 22.2. The van der Waals surface area contributed by atoms with Crippen LogP contribution >= 0.6 is 0 Å². The second-order valence-electron chi connectivity index (χ2n) is 7.03.